The normalized spacial score (nSPS) is 14.5. The molecule has 0 aliphatic carbocycles. The van der Waals surface area contributed by atoms with Gasteiger partial charge in [0.15, 0.2) is 6.10 Å². The first-order valence-corrected chi connectivity index (χ1v) is 4.45. The van der Waals surface area contributed by atoms with Crippen molar-refractivity contribution in [3.63, 3.8) is 0 Å². The van der Waals surface area contributed by atoms with Crippen molar-refractivity contribution in [2.45, 2.75) is 18.6 Å². The number of carboxylic acid groups (broad SMARTS) is 1. The van der Waals surface area contributed by atoms with Crippen LogP contribution in [0.15, 0.2) is 24.3 Å². The van der Waals surface area contributed by atoms with E-state index in [1.165, 1.54) is 6.07 Å². The molecule has 0 spiro atoms. The second-order valence-corrected chi connectivity index (χ2v) is 3.28. The van der Waals surface area contributed by atoms with Gasteiger partial charge in [0, 0.05) is 6.04 Å². The molecule has 0 fully saturated rings. The first-order valence-electron chi connectivity index (χ1n) is 4.45. The summed E-state index contributed by atoms with van der Waals surface area (Å²) >= 11 is 0. The van der Waals surface area contributed by atoms with Gasteiger partial charge in [0.2, 0.25) is 0 Å². The average Bonchev–Trinajstić information content (AvgIpc) is 2.20. The van der Waals surface area contributed by atoms with Crippen molar-refractivity contribution in [3.05, 3.63) is 29.8 Å². The zero-order chi connectivity index (χ0) is 11.4. The van der Waals surface area contributed by atoms with Gasteiger partial charge in [-0.2, -0.15) is 0 Å². The summed E-state index contributed by atoms with van der Waals surface area (Å²) in [5.41, 5.74) is 6.00. The Hall–Kier alpha value is -1.59. The fourth-order valence-electron chi connectivity index (χ4n) is 1.23. The van der Waals surface area contributed by atoms with Gasteiger partial charge >= 0.3 is 5.97 Å². The maximum Gasteiger partial charge on any atom is 0.334 e. The summed E-state index contributed by atoms with van der Waals surface area (Å²) in [5.74, 6) is -1.32. The summed E-state index contributed by atoms with van der Waals surface area (Å²) in [6, 6.07) is 5.53. The Morgan fingerprint density at radius 3 is 2.53 bits per heavy atom. The van der Waals surface area contributed by atoms with Crippen molar-refractivity contribution < 1.29 is 20.1 Å². The van der Waals surface area contributed by atoms with Crippen LogP contribution >= 0.6 is 0 Å². The predicted molar refractivity (Wildman–Crippen MR) is 53.4 cm³/mol. The van der Waals surface area contributed by atoms with Crippen LogP contribution in [0.3, 0.4) is 0 Å². The van der Waals surface area contributed by atoms with Crippen molar-refractivity contribution in [3.8, 4) is 5.75 Å². The fourth-order valence-corrected chi connectivity index (χ4v) is 1.23. The second kappa shape index (κ2) is 4.77. The minimum absolute atomic E-state index is 0.0468. The minimum atomic E-state index is -1.62. The molecule has 0 amide bonds. The Labute approximate surface area is 86.8 Å². The van der Waals surface area contributed by atoms with Gasteiger partial charge in [0.1, 0.15) is 5.75 Å². The van der Waals surface area contributed by atoms with E-state index in [9.17, 15) is 9.90 Å². The first-order chi connectivity index (χ1) is 7.02. The highest BCUT2D eigenvalue weighted by Crippen LogP contribution is 2.17. The molecule has 0 saturated carbocycles. The SMILES string of the molecule is NC(Cc1ccccc1O)C(O)C(=O)O. The lowest BCUT2D eigenvalue weighted by atomic mass is 10.0. The number of phenols is 1. The Morgan fingerprint density at radius 1 is 1.40 bits per heavy atom. The molecule has 0 heterocycles. The number of rotatable bonds is 4. The molecule has 1 aromatic carbocycles. The smallest absolute Gasteiger partial charge is 0.334 e. The number of aromatic hydroxyl groups is 1. The molecule has 5 N–H and O–H groups in total. The van der Waals surface area contributed by atoms with Gasteiger partial charge in [0.25, 0.3) is 0 Å². The van der Waals surface area contributed by atoms with Gasteiger partial charge in [0.05, 0.1) is 0 Å². The molecule has 0 saturated heterocycles. The maximum absolute atomic E-state index is 10.4. The van der Waals surface area contributed by atoms with Gasteiger partial charge in [-0.15, -0.1) is 0 Å². The van der Waals surface area contributed by atoms with Crippen LogP contribution in [0.1, 0.15) is 5.56 Å². The van der Waals surface area contributed by atoms with Gasteiger partial charge in [-0.25, -0.2) is 4.79 Å². The first kappa shape index (κ1) is 11.5. The summed E-state index contributed by atoms with van der Waals surface area (Å²) < 4.78 is 0. The van der Waals surface area contributed by atoms with Crippen molar-refractivity contribution in [1.29, 1.82) is 0 Å². The van der Waals surface area contributed by atoms with E-state index in [2.05, 4.69) is 0 Å². The number of carbonyl (C=O) groups is 1. The van der Waals surface area contributed by atoms with Crippen molar-refractivity contribution in [1.82, 2.24) is 0 Å². The minimum Gasteiger partial charge on any atom is -0.508 e. The number of hydrogen-bond acceptors (Lipinski definition) is 4. The molecule has 2 atom stereocenters. The molecule has 82 valence electrons. The highest BCUT2D eigenvalue weighted by Gasteiger charge is 2.22. The third-order valence-corrected chi connectivity index (χ3v) is 2.11. The molecule has 0 radical (unpaired) electrons. The van der Waals surface area contributed by atoms with E-state index in [4.69, 9.17) is 15.9 Å². The second-order valence-electron chi connectivity index (χ2n) is 3.28. The third-order valence-electron chi connectivity index (χ3n) is 2.11. The van der Waals surface area contributed by atoms with E-state index in [1.54, 1.807) is 18.2 Å². The van der Waals surface area contributed by atoms with Crippen molar-refractivity contribution in [2.24, 2.45) is 5.73 Å². The van der Waals surface area contributed by atoms with Gasteiger partial charge in [-0.05, 0) is 18.1 Å². The molecule has 1 rings (SSSR count). The number of benzene rings is 1. The number of nitrogens with two attached hydrogens (primary N) is 1. The van der Waals surface area contributed by atoms with E-state index < -0.39 is 18.1 Å². The highest BCUT2D eigenvalue weighted by atomic mass is 16.4. The van der Waals surface area contributed by atoms with E-state index >= 15 is 0 Å². The number of hydrogen-bond donors (Lipinski definition) is 4. The molecule has 0 aromatic heterocycles. The number of aliphatic carboxylic acids is 1. The lowest BCUT2D eigenvalue weighted by Crippen LogP contribution is -2.41. The molecular formula is C10H13NO4. The van der Waals surface area contributed by atoms with Crippen molar-refractivity contribution in [2.75, 3.05) is 0 Å². The zero-order valence-electron chi connectivity index (χ0n) is 8.00. The summed E-state index contributed by atoms with van der Waals surface area (Å²) in [4.78, 5) is 10.4. The average molecular weight is 211 g/mol. The molecule has 1 aromatic rings. The molecule has 5 nitrogen and oxygen atoms in total. The molecule has 0 aliphatic heterocycles. The molecule has 2 unspecified atom stereocenters. The van der Waals surface area contributed by atoms with E-state index in [0.29, 0.717) is 5.56 Å². The molecule has 5 heteroatoms. The lowest BCUT2D eigenvalue weighted by molar-refractivity contribution is -0.147. The number of aliphatic hydroxyl groups excluding tert-OH is 1. The Bertz CT molecular complexity index is 353. The largest absolute Gasteiger partial charge is 0.508 e. The van der Waals surface area contributed by atoms with E-state index in [-0.39, 0.29) is 12.2 Å². The van der Waals surface area contributed by atoms with E-state index in [1.807, 2.05) is 0 Å². The Morgan fingerprint density at radius 2 is 2.00 bits per heavy atom. The number of carboxylic acids is 1. The van der Waals surface area contributed by atoms with Gasteiger partial charge in [-0.3, -0.25) is 0 Å². The fraction of sp³-hybridized carbons (Fsp3) is 0.300. The van der Waals surface area contributed by atoms with Crippen molar-refractivity contribution >= 4 is 5.97 Å². The Balaban J connectivity index is 2.70. The summed E-state index contributed by atoms with van der Waals surface area (Å²) in [7, 11) is 0. The highest BCUT2D eigenvalue weighted by molar-refractivity contribution is 5.73. The number of phenolic OH excluding ortho intramolecular Hbond substituents is 1. The predicted octanol–water partition coefficient (Wildman–Crippen LogP) is -0.292. The molecule has 0 aliphatic rings. The standard InChI is InChI=1S/C10H13NO4/c11-7(9(13)10(14)15)5-6-3-1-2-4-8(6)12/h1-4,7,9,12-13H,5,11H2,(H,14,15). The summed E-state index contributed by atoms with van der Waals surface area (Å²) in [5, 5.41) is 27.0. The van der Waals surface area contributed by atoms with Crippen LogP contribution in [0.5, 0.6) is 5.75 Å². The molecular weight excluding hydrogens is 198 g/mol. The number of para-hydroxylation sites is 1. The van der Waals surface area contributed by atoms with Crippen LogP contribution in [0, 0.1) is 0 Å². The summed E-state index contributed by atoms with van der Waals surface area (Å²) in [6.45, 7) is 0. The van der Waals surface area contributed by atoms with Crippen LogP contribution in [-0.2, 0) is 11.2 Å². The van der Waals surface area contributed by atoms with Gasteiger partial charge in [-0.1, -0.05) is 18.2 Å². The topological polar surface area (TPSA) is 104 Å². The molecule has 0 bridgehead atoms. The molecule has 15 heavy (non-hydrogen) atoms. The third kappa shape index (κ3) is 2.93. The van der Waals surface area contributed by atoms with Crippen LogP contribution in [0.2, 0.25) is 0 Å². The lowest BCUT2D eigenvalue weighted by Gasteiger charge is -2.15. The monoisotopic (exact) mass is 211 g/mol. The zero-order valence-corrected chi connectivity index (χ0v) is 8.00. The van der Waals surface area contributed by atoms with Crippen LogP contribution in [0.4, 0.5) is 0 Å². The van der Waals surface area contributed by atoms with Crippen LogP contribution < -0.4 is 5.73 Å². The van der Waals surface area contributed by atoms with Crippen LogP contribution in [0.25, 0.3) is 0 Å². The van der Waals surface area contributed by atoms with Crippen LogP contribution in [-0.4, -0.2) is 33.4 Å². The summed E-state index contributed by atoms with van der Waals surface area (Å²) in [6.07, 6.45) is -1.51. The van der Waals surface area contributed by atoms with Gasteiger partial charge < -0.3 is 21.1 Å². The quantitative estimate of drug-likeness (QED) is 0.547. The maximum atomic E-state index is 10.4. The van der Waals surface area contributed by atoms with E-state index in [0.717, 1.165) is 0 Å². The number of aliphatic hydroxyl groups is 1. The Kier molecular flexibility index (Phi) is 3.65.